The lowest BCUT2D eigenvalue weighted by atomic mass is 10.1. The summed E-state index contributed by atoms with van der Waals surface area (Å²) in [5.41, 5.74) is 2.73. The van der Waals surface area contributed by atoms with E-state index in [-0.39, 0.29) is 41.8 Å². The van der Waals surface area contributed by atoms with Gasteiger partial charge < -0.3 is 20.4 Å². The van der Waals surface area contributed by atoms with Gasteiger partial charge in [-0.05, 0) is 49.1 Å². The Morgan fingerprint density at radius 3 is 2.39 bits per heavy atom. The fraction of sp³-hybridized carbons (Fsp3) is 0.400. The van der Waals surface area contributed by atoms with Crippen LogP contribution in [-0.4, -0.2) is 55.4 Å². The topological polar surface area (TPSA) is 77.0 Å². The van der Waals surface area contributed by atoms with Crippen LogP contribution in [0.15, 0.2) is 59.6 Å². The van der Waals surface area contributed by atoms with E-state index >= 15 is 0 Å². The highest BCUT2D eigenvalue weighted by molar-refractivity contribution is 14.0. The van der Waals surface area contributed by atoms with Gasteiger partial charge in [0, 0.05) is 50.9 Å². The number of para-hydroxylation sites is 1. The SMILES string of the molecule is CN=C(NCc1ccc(C(=O)N2CCCCC2)cc1)NC1CC(=O)N(c2ccccc2)C1.I. The molecule has 2 heterocycles. The second-order valence-corrected chi connectivity index (χ2v) is 8.36. The molecule has 2 aromatic carbocycles. The van der Waals surface area contributed by atoms with E-state index in [1.165, 1.54) is 6.42 Å². The lowest BCUT2D eigenvalue weighted by Crippen LogP contribution is -2.44. The van der Waals surface area contributed by atoms with Crippen LogP contribution in [-0.2, 0) is 11.3 Å². The summed E-state index contributed by atoms with van der Waals surface area (Å²) in [5, 5.41) is 6.66. The lowest BCUT2D eigenvalue weighted by molar-refractivity contribution is -0.117. The fourth-order valence-corrected chi connectivity index (χ4v) is 4.28. The first-order chi connectivity index (χ1) is 15.6. The summed E-state index contributed by atoms with van der Waals surface area (Å²) in [6.45, 7) is 2.91. The molecule has 1 unspecified atom stereocenters. The zero-order valence-electron chi connectivity index (χ0n) is 19.0. The average Bonchev–Trinajstić information content (AvgIpc) is 3.22. The molecule has 2 N–H and O–H groups in total. The number of aliphatic imine (C=N–C) groups is 1. The third kappa shape index (κ3) is 6.46. The summed E-state index contributed by atoms with van der Waals surface area (Å²) >= 11 is 0. The smallest absolute Gasteiger partial charge is 0.253 e. The predicted octanol–water partition coefficient (Wildman–Crippen LogP) is 3.40. The predicted molar refractivity (Wildman–Crippen MR) is 142 cm³/mol. The molecule has 2 fully saturated rings. The van der Waals surface area contributed by atoms with Crippen LogP contribution in [0.3, 0.4) is 0 Å². The van der Waals surface area contributed by atoms with Crippen LogP contribution in [0.25, 0.3) is 0 Å². The van der Waals surface area contributed by atoms with Crippen molar-refractivity contribution >= 4 is 47.4 Å². The maximum absolute atomic E-state index is 12.6. The second-order valence-electron chi connectivity index (χ2n) is 8.36. The third-order valence-electron chi connectivity index (χ3n) is 6.06. The van der Waals surface area contributed by atoms with E-state index in [0.717, 1.165) is 42.7 Å². The molecule has 2 aliphatic rings. The number of nitrogens with one attached hydrogen (secondary N) is 2. The number of hydrogen-bond donors (Lipinski definition) is 2. The summed E-state index contributed by atoms with van der Waals surface area (Å²) in [4.78, 5) is 33.1. The van der Waals surface area contributed by atoms with Gasteiger partial charge in [-0.2, -0.15) is 0 Å². The van der Waals surface area contributed by atoms with Crippen LogP contribution < -0.4 is 15.5 Å². The minimum atomic E-state index is -0.00144. The Morgan fingerprint density at radius 2 is 1.73 bits per heavy atom. The van der Waals surface area contributed by atoms with Crippen molar-refractivity contribution in [2.45, 2.75) is 38.3 Å². The molecule has 33 heavy (non-hydrogen) atoms. The molecule has 0 aliphatic carbocycles. The molecule has 4 rings (SSSR count). The van der Waals surface area contributed by atoms with Crippen LogP contribution in [0.2, 0.25) is 0 Å². The summed E-state index contributed by atoms with van der Waals surface area (Å²) in [6.07, 6.45) is 3.83. The van der Waals surface area contributed by atoms with E-state index in [4.69, 9.17) is 0 Å². The van der Waals surface area contributed by atoms with Gasteiger partial charge in [-0.1, -0.05) is 30.3 Å². The van der Waals surface area contributed by atoms with Crippen LogP contribution in [0.1, 0.15) is 41.6 Å². The summed E-state index contributed by atoms with van der Waals surface area (Å²) in [5.74, 6) is 0.889. The summed E-state index contributed by atoms with van der Waals surface area (Å²) in [6, 6.07) is 17.5. The van der Waals surface area contributed by atoms with Gasteiger partial charge in [0.25, 0.3) is 5.91 Å². The van der Waals surface area contributed by atoms with Crippen LogP contribution in [0.4, 0.5) is 5.69 Å². The number of carbonyl (C=O) groups is 2. The minimum Gasteiger partial charge on any atom is -0.352 e. The van der Waals surface area contributed by atoms with E-state index < -0.39 is 0 Å². The van der Waals surface area contributed by atoms with Crippen LogP contribution in [0.5, 0.6) is 0 Å². The van der Waals surface area contributed by atoms with Gasteiger partial charge in [0.1, 0.15) is 0 Å². The molecule has 2 amide bonds. The number of anilines is 1. The Morgan fingerprint density at radius 1 is 1.03 bits per heavy atom. The van der Waals surface area contributed by atoms with Gasteiger partial charge in [-0.15, -0.1) is 24.0 Å². The third-order valence-corrected chi connectivity index (χ3v) is 6.06. The first kappa shape index (κ1) is 25.0. The highest BCUT2D eigenvalue weighted by Gasteiger charge is 2.31. The van der Waals surface area contributed by atoms with E-state index in [9.17, 15) is 9.59 Å². The highest BCUT2D eigenvalue weighted by atomic mass is 127. The Hall–Kier alpha value is -2.62. The number of halogens is 1. The Kier molecular flexibility index (Phi) is 9.11. The van der Waals surface area contributed by atoms with Crippen molar-refractivity contribution in [2.24, 2.45) is 4.99 Å². The molecule has 0 bridgehead atoms. The molecule has 2 aromatic rings. The number of rotatable bonds is 5. The van der Waals surface area contributed by atoms with E-state index in [1.54, 1.807) is 7.05 Å². The number of piperidine rings is 1. The van der Waals surface area contributed by atoms with Gasteiger partial charge in [-0.3, -0.25) is 14.6 Å². The largest absolute Gasteiger partial charge is 0.352 e. The molecule has 0 saturated carbocycles. The van der Waals surface area contributed by atoms with Gasteiger partial charge in [0.2, 0.25) is 5.91 Å². The van der Waals surface area contributed by atoms with Crippen molar-refractivity contribution in [1.29, 1.82) is 0 Å². The van der Waals surface area contributed by atoms with Crippen LogP contribution >= 0.6 is 24.0 Å². The Labute approximate surface area is 212 Å². The number of amides is 2. The van der Waals surface area contributed by atoms with Crippen molar-refractivity contribution in [3.05, 3.63) is 65.7 Å². The lowest BCUT2D eigenvalue weighted by Gasteiger charge is -2.26. The highest BCUT2D eigenvalue weighted by Crippen LogP contribution is 2.21. The Balaban J connectivity index is 0.00000306. The fourth-order valence-electron chi connectivity index (χ4n) is 4.28. The molecule has 7 nitrogen and oxygen atoms in total. The quantitative estimate of drug-likeness (QED) is 0.334. The molecule has 2 saturated heterocycles. The number of guanidine groups is 1. The first-order valence-corrected chi connectivity index (χ1v) is 11.3. The average molecular weight is 561 g/mol. The van der Waals surface area contributed by atoms with Gasteiger partial charge >= 0.3 is 0 Å². The van der Waals surface area contributed by atoms with Crippen molar-refractivity contribution in [1.82, 2.24) is 15.5 Å². The molecule has 0 radical (unpaired) electrons. The van der Waals surface area contributed by atoms with Gasteiger partial charge in [-0.25, -0.2) is 0 Å². The van der Waals surface area contributed by atoms with Crippen molar-refractivity contribution in [3.63, 3.8) is 0 Å². The van der Waals surface area contributed by atoms with Crippen molar-refractivity contribution in [3.8, 4) is 0 Å². The summed E-state index contributed by atoms with van der Waals surface area (Å²) < 4.78 is 0. The van der Waals surface area contributed by atoms with Gasteiger partial charge in [0.05, 0.1) is 6.04 Å². The van der Waals surface area contributed by atoms with E-state index in [0.29, 0.717) is 25.5 Å². The summed E-state index contributed by atoms with van der Waals surface area (Å²) in [7, 11) is 1.72. The molecule has 1 atom stereocenters. The van der Waals surface area contributed by atoms with Crippen molar-refractivity contribution in [2.75, 3.05) is 31.6 Å². The normalized spacial score (nSPS) is 18.6. The molecule has 0 aromatic heterocycles. The number of likely N-dealkylation sites (tertiary alicyclic amines) is 1. The maximum Gasteiger partial charge on any atom is 0.253 e. The molecule has 2 aliphatic heterocycles. The monoisotopic (exact) mass is 561 g/mol. The zero-order valence-corrected chi connectivity index (χ0v) is 21.3. The maximum atomic E-state index is 12.6. The molecule has 8 heteroatoms. The molecule has 0 spiro atoms. The standard InChI is InChI=1S/C25H31N5O2.HI/c1-26-25(28-21-16-23(31)30(18-21)22-8-4-2-5-9-22)27-17-19-10-12-20(13-11-19)24(32)29-14-6-3-7-15-29;/h2,4-5,8-13,21H,3,6-7,14-18H2,1H3,(H2,26,27,28);1H. The number of carbonyl (C=O) groups excluding carboxylic acids is 2. The van der Waals surface area contributed by atoms with Crippen molar-refractivity contribution < 1.29 is 9.59 Å². The number of benzene rings is 2. The van der Waals surface area contributed by atoms with Crippen LogP contribution in [0, 0.1) is 0 Å². The Bertz CT molecular complexity index is 959. The van der Waals surface area contributed by atoms with Gasteiger partial charge in [0.15, 0.2) is 5.96 Å². The minimum absolute atomic E-state index is 0. The van der Waals surface area contributed by atoms with E-state index in [2.05, 4.69) is 15.6 Å². The molecular weight excluding hydrogens is 529 g/mol. The zero-order chi connectivity index (χ0) is 22.3. The first-order valence-electron chi connectivity index (χ1n) is 11.3. The molecule has 176 valence electrons. The molecular formula is C25H32IN5O2. The number of nitrogens with zero attached hydrogens (tertiary/aromatic N) is 3. The van der Waals surface area contributed by atoms with E-state index in [1.807, 2.05) is 64.4 Å². The second kappa shape index (κ2) is 12.0. The number of hydrogen-bond acceptors (Lipinski definition) is 3.